The molecule has 0 radical (unpaired) electrons. The molecule has 0 saturated carbocycles. The van der Waals surface area contributed by atoms with Gasteiger partial charge in [-0.3, -0.25) is 24.6 Å². The molecular weight excluding hydrogens is 454 g/mol. The zero-order valence-corrected chi connectivity index (χ0v) is 18.5. The third-order valence-electron chi connectivity index (χ3n) is 5.10. The Morgan fingerprint density at radius 2 is 1.68 bits per heavy atom. The number of nitro benzene ring substituents is 1. The maximum atomic E-state index is 12.8. The molecule has 168 valence electrons. The van der Waals surface area contributed by atoms with Crippen LogP contribution in [-0.2, 0) is 17.9 Å². The number of nitrogens with zero attached hydrogens (tertiary/aromatic N) is 3. The second kappa shape index (κ2) is 10.0. The summed E-state index contributed by atoms with van der Waals surface area (Å²) in [5.74, 6) is 0.0935. The van der Waals surface area contributed by atoms with Crippen LogP contribution in [0, 0.1) is 21.4 Å². The maximum Gasteiger partial charge on any atom is 0.293 e. The van der Waals surface area contributed by atoms with Crippen LogP contribution in [0.3, 0.4) is 0 Å². The highest BCUT2D eigenvalue weighted by molar-refractivity contribution is 8.18. The van der Waals surface area contributed by atoms with Gasteiger partial charge in [0.05, 0.1) is 28.0 Å². The number of para-hydroxylation sites is 1. The van der Waals surface area contributed by atoms with E-state index in [1.807, 2.05) is 12.1 Å². The van der Waals surface area contributed by atoms with E-state index >= 15 is 0 Å². The van der Waals surface area contributed by atoms with Crippen LogP contribution in [0.5, 0.6) is 5.75 Å². The average Bonchev–Trinajstić information content (AvgIpc) is 3.11. The van der Waals surface area contributed by atoms with E-state index in [-0.39, 0.29) is 29.3 Å². The molecule has 3 aromatic carbocycles. The Morgan fingerprint density at radius 3 is 2.38 bits per heavy atom. The Hall–Kier alpha value is -4.42. The fourth-order valence-corrected chi connectivity index (χ4v) is 4.20. The molecule has 0 unspecified atom stereocenters. The number of benzene rings is 3. The van der Waals surface area contributed by atoms with Crippen molar-refractivity contribution in [1.29, 1.82) is 5.26 Å². The number of carbonyl (C=O) groups is 2. The number of amides is 2. The summed E-state index contributed by atoms with van der Waals surface area (Å²) >= 11 is 0.793. The molecule has 0 aromatic heterocycles. The summed E-state index contributed by atoms with van der Waals surface area (Å²) in [7, 11) is 0. The molecule has 1 aliphatic heterocycles. The quantitative estimate of drug-likeness (QED) is 0.262. The Kier molecular flexibility index (Phi) is 6.71. The highest BCUT2D eigenvalue weighted by Crippen LogP contribution is 2.34. The van der Waals surface area contributed by atoms with Gasteiger partial charge in [-0.15, -0.1) is 0 Å². The van der Waals surface area contributed by atoms with Gasteiger partial charge < -0.3 is 4.74 Å². The average molecular weight is 471 g/mol. The fraction of sp³-hybridized carbons (Fsp3) is 0.0800. The van der Waals surface area contributed by atoms with E-state index in [0.717, 1.165) is 22.2 Å². The minimum absolute atomic E-state index is 0.140. The predicted molar refractivity (Wildman–Crippen MR) is 127 cm³/mol. The van der Waals surface area contributed by atoms with Gasteiger partial charge in [0.25, 0.3) is 16.8 Å². The third-order valence-corrected chi connectivity index (χ3v) is 6.01. The molecule has 1 saturated heterocycles. The van der Waals surface area contributed by atoms with E-state index in [9.17, 15) is 19.7 Å². The molecule has 0 bridgehead atoms. The van der Waals surface area contributed by atoms with Crippen LogP contribution in [0.4, 0.5) is 10.5 Å². The molecule has 2 amide bonds. The van der Waals surface area contributed by atoms with Crippen molar-refractivity contribution in [2.75, 3.05) is 0 Å². The van der Waals surface area contributed by atoms with Crippen molar-refractivity contribution in [3.8, 4) is 11.8 Å². The van der Waals surface area contributed by atoms with Gasteiger partial charge in [-0.05, 0) is 41.6 Å². The minimum Gasteiger partial charge on any atom is -0.489 e. The van der Waals surface area contributed by atoms with Crippen LogP contribution in [0.2, 0.25) is 0 Å². The smallest absolute Gasteiger partial charge is 0.293 e. The highest BCUT2D eigenvalue weighted by atomic mass is 32.2. The van der Waals surface area contributed by atoms with Gasteiger partial charge in [0.15, 0.2) is 0 Å². The number of nitriles is 1. The zero-order valence-electron chi connectivity index (χ0n) is 17.7. The summed E-state index contributed by atoms with van der Waals surface area (Å²) in [4.78, 5) is 37.1. The predicted octanol–water partition coefficient (Wildman–Crippen LogP) is 5.28. The molecule has 34 heavy (non-hydrogen) atoms. The molecule has 1 fully saturated rings. The van der Waals surface area contributed by atoms with Crippen molar-refractivity contribution in [3.63, 3.8) is 0 Å². The van der Waals surface area contributed by atoms with Gasteiger partial charge >= 0.3 is 0 Å². The summed E-state index contributed by atoms with van der Waals surface area (Å²) in [6, 6.07) is 22.3. The van der Waals surface area contributed by atoms with Crippen LogP contribution < -0.4 is 4.74 Å². The molecule has 4 rings (SSSR count). The van der Waals surface area contributed by atoms with Crippen molar-refractivity contribution in [2.45, 2.75) is 13.2 Å². The van der Waals surface area contributed by atoms with Gasteiger partial charge in [-0.1, -0.05) is 48.5 Å². The van der Waals surface area contributed by atoms with Crippen LogP contribution in [0.15, 0.2) is 77.7 Å². The van der Waals surface area contributed by atoms with Crippen LogP contribution >= 0.6 is 11.8 Å². The van der Waals surface area contributed by atoms with E-state index in [2.05, 4.69) is 6.07 Å². The van der Waals surface area contributed by atoms with Crippen LogP contribution in [-0.4, -0.2) is 21.0 Å². The van der Waals surface area contributed by atoms with Crippen molar-refractivity contribution in [3.05, 3.63) is 110 Å². The molecule has 1 aliphatic rings. The molecule has 9 heteroatoms. The van der Waals surface area contributed by atoms with Crippen molar-refractivity contribution in [1.82, 2.24) is 4.90 Å². The molecule has 1 heterocycles. The first-order valence-corrected chi connectivity index (χ1v) is 11.0. The first-order valence-electron chi connectivity index (χ1n) is 10.1. The van der Waals surface area contributed by atoms with Crippen LogP contribution in [0.1, 0.15) is 22.3 Å². The number of imide groups is 1. The molecule has 0 N–H and O–H groups in total. The summed E-state index contributed by atoms with van der Waals surface area (Å²) in [6.45, 7) is 0.0731. The number of rotatable bonds is 7. The Balaban J connectivity index is 1.44. The second-order valence-corrected chi connectivity index (χ2v) is 8.27. The summed E-state index contributed by atoms with van der Waals surface area (Å²) in [5.41, 5.74) is 2.17. The number of hydrogen-bond donors (Lipinski definition) is 0. The van der Waals surface area contributed by atoms with Gasteiger partial charge in [0.1, 0.15) is 12.4 Å². The van der Waals surface area contributed by atoms with E-state index in [4.69, 9.17) is 10.00 Å². The lowest BCUT2D eigenvalue weighted by atomic mass is 10.1. The van der Waals surface area contributed by atoms with Crippen LogP contribution in [0.25, 0.3) is 6.08 Å². The number of carbonyl (C=O) groups excluding carboxylic acids is 2. The highest BCUT2D eigenvalue weighted by Gasteiger charge is 2.36. The Labute approximate surface area is 199 Å². The lowest BCUT2D eigenvalue weighted by Gasteiger charge is -2.12. The third kappa shape index (κ3) is 4.98. The number of thioether (sulfide) groups is 1. The number of ether oxygens (including phenoxy) is 1. The SMILES string of the molecule is N#Cc1ccccc1COc1ccc(/C=C2\SC(=O)N(Cc3ccccc3[N+](=O)[O-])C2=O)cc1. The first-order chi connectivity index (χ1) is 16.5. The molecule has 0 spiro atoms. The fourth-order valence-electron chi connectivity index (χ4n) is 3.36. The lowest BCUT2D eigenvalue weighted by molar-refractivity contribution is -0.385. The zero-order chi connectivity index (χ0) is 24.1. The summed E-state index contributed by atoms with van der Waals surface area (Å²) < 4.78 is 5.75. The normalized spacial score (nSPS) is 14.3. The van der Waals surface area contributed by atoms with E-state index < -0.39 is 16.1 Å². The molecule has 3 aromatic rings. The van der Waals surface area contributed by atoms with E-state index in [0.29, 0.717) is 16.9 Å². The maximum absolute atomic E-state index is 12.8. The Bertz CT molecular complexity index is 1350. The Morgan fingerprint density at radius 1 is 1.00 bits per heavy atom. The topological polar surface area (TPSA) is 114 Å². The summed E-state index contributed by atoms with van der Waals surface area (Å²) in [5, 5.41) is 19.9. The standard InChI is InChI=1S/C25H17N3O5S/c26-14-18-5-1-2-7-20(18)16-33-21-11-9-17(10-12-21)13-23-24(29)27(25(30)34-23)15-19-6-3-4-8-22(19)28(31)32/h1-13H,15-16H2/b23-13-. The van der Waals surface area contributed by atoms with Gasteiger partial charge in [-0.2, -0.15) is 5.26 Å². The minimum atomic E-state index is -0.535. The van der Waals surface area contributed by atoms with E-state index in [1.165, 1.54) is 18.2 Å². The van der Waals surface area contributed by atoms with E-state index in [1.54, 1.807) is 48.5 Å². The van der Waals surface area contributed by atoms with Crippen molar-refractivity contribution >= 4 is 34.7 Å². The molecule has 8 nitrogen and oxygen atoms in total. The largest absolute Gasteiger partial charge is 0.489 e. The molecule has 0 atom stereocenters. The van der Waals surface area contributed by atoms with Gasteiger partial charge in [-0.25, -0.2) is 0 Å². The monoisotopic (exact) mass is 471 g/mol. The summed E-state index contributed by atoms with van der Waals surface area (Å²) in [6.07, 6.45) is 1.60. The molecular formula is C25H17N3O5S. The molecule has 0 aliphatic carbocycles. The lowest BCUT2D eigenvalue weighted by Crippen LogP contribution is -2.27. The first kappa shape index (κ1) is 22.8. The number of nitro groups is 1. The van der Waals surface area contributed by atoms with Gasteiger partial charge in [0, 0.05) is 17.2 Å². The van der Waals surface area contributed by atoms with Crippen molar-refractivity contribution in [2.24, 2.45) is 0 Å². The second-order valence-electron chi connectivity index (χ2n) is 7.28. The van der Waals surface area contributed by atoms with Crippen molar-refractivity contribution < 1.29 is 19.2 Å². The van der Waals surface area contributed by atoms with Gasteiger partial charge in [0.2, 0.25) is 0 Å². The number of hydrogen-bond acceptors (Lipinski definition) is 7.